The Morgan fingerprint density at radius 1 is 1.33 bits per heavy atom. The zero-order valence-electron chi connectivity index (χ0n) is 11.7. The molecule has 0 unspecified atom stereocenters. The maximum Gasteiger partial charge on any atom is 0.224 e. The van der Waals surface area contributed by atoms with E-state index >= 15 is 0 Å². The van der Waals surface area contributed by atoms with Crippen LogP contribution in [0, 0.1) is 5.82 Å². The van der Waals surface area contributed by atoms with E-state index < -0.39 is 0 Å². The molecule has 0 bridgehead atoms. The lowest BCUT2D eigenvalue weighted by atomic mass is 10.0. The van der Waals surface area contributed by atoms with E-state index in [0.29, 0.717) is 18.5 Å². The molecular formula is C16H17FN2OS. The van der Waals surface area contributed by atoms with Crippen molar-refractivity contribution in [2.45, 2.75) is 38.5 Å². The molecule has 1 N–H and O–H groups in total. The van der Waals surface area contributed by atoms with Gasteiger partial charge in [0.25, 0.3) is 0 Å². The lowest BCUT2D eigenvalue weighted by molar-refractivity contribution is -0.116. The van der Waals surface area contributed by atoms with E-state index in [1.165, 1.54) is 35.5 Å². The second kappa shape index (κ2) is 6.35. The molecular weight excluding hydrogens is 287 g/mol. The van der Waals surface area contributed by atoms with Gasteiger partial charge in [-0.15, -0.1) is 11.3 Å². The van der Waals surface area contributed by atoms with Crippen LogP contribution in [0.4, 0.5) is 10.1 Å². The number of nitrogens with one attached hydrogen (secondary N) is 1. The quantitative estimate of drug-likeness (QED) is 0.935. The molecule has 5 heteroatoms. The first-order chi connectivity index (χ1) is 10.2. The third kappa shape index (κ3) is 3.67. The van der Waals surface area contributed by atoms with E-state index in [4.69, 9.17) is 0 Å². The summed E-state index contributed by atoms with van der Waals surface area (Å²) in [6.07, 6.45) is 5.69. The van der Waals surface area contributed by atoms with Crippen molar-refractivity contribution in [2.24, 2.45) is 0 Å². The summed E-state index contributed by atoms with van der Waals surface area (Å²) in [5.74, 6) is -0.450. The molecule has 0 spiro atoms. The van der Waals surface area contributed by atoms with Crippen LogP contribution in [-0.4, -0.2) is 10.9 Å². The molecule has 110 valence electrons. The molecule has 0 radical (unpaired) electrons. The van der Waals surface area contributed by atoms with Crippen molar-refractivity contribution in [3.63, 3.8) is 0 Å². The monoisotopic (exact) mass is 304 g/mol. The summed E-state index contributed by atoms with van der Waals surface area (Å²) in [5, 5.41) is 3.75. The highest BCUT2D eigenvalue weighted by Gasteiger charge is 2.15. The van der Waals surface area contributed by atoms with Gasteiger partial charge in [0.05, 0.1) is 10.7 Å². The van der Waals surface area contributed by atoms with Gasteiger partial charge in [0.2, 0.25) is 5.91 Å². The third-order valence-corrected chi connectivity index (χ3v) is 4.78. The summed E-state index contributed by atoms with van der Waals surface area (Å²) in [6, 6.07) is 5.94. The number of fused-ring (bicyclic) bond motifs is 1. The Labute approximate surface area is 127 Å². The Morgan fingerprint density at radius 3 is 3.00 bits per heavy atom. The molecule has 0 atom stereocenters. The van der Waals surface area contributed by atoms with Gasteiger partial charge in [-0.25, -0.2) is 9.37 Å². The van der Waals surface area contributed by atoms with Crippen LogP contribution in [0.5, 0.6) is 0 Å². The average Bonchev–Trinajstić information content (AvgIpc) is 2.88. The van der Waals surface area contributed by atoms with E-state index in [1.807, 2.05) is 0 Å². The summed E-state index contributed by atoms with van der Waals surface area (Å²) < 4.78 is 13.0. The van der Waals surface area contributed by atoms with E-state index in [0.717, 1.165) is 17.8 Å². The number of anilines is 1. The van der Waals surface area contributed by atoms with E-state index in [2.05, 4.69) is 10.3 Å². The zero-order chi connectivity index (χ0) is 14.7. The number of amides is 1. The first kappa shape index (κ1) is 14.2. The number of carbonyl (C=O) groups excluding carboxylic acids is 1. The Bertz CT molecular complexity index is 630. The van der Waals surface area contributed by atoms with E-state index in [1.54, 1.807) is 23.5 Å². The minimum absolute atomic E-state index is 0.103. The number of rotatable bonds is 4. The number of hydrogen-bond acceptors (Lipinski definition) is 3. The number of carbonyl (C=O) groups is 1. The maximum absolute atomic E-state index is 13.0. The van der Waals surface area contributed by atoms with Crippen LogP contribution in [0.15, 0.2) is 24.3 Å². The number of benzene rings is 1. The molecule has 1 aromatic heterocycles. The van der Waals surface area contributed by atoms with Gasteiger partial charge in [0.15, 0.2) is 0 Å². The van der Waals surface area contributed by atoms with Gasteiger partial charge in [0.1, 0.15) is 5.82 Å². The topological polar surface area (TPSA) is 42.0 Å². The van der Waals surface area contributed by atoms with Gasteiger partial charge in [-0.1, -0.05) is 6.07 Å². The van der Waals surface area contributed by atoms with Gasteiger partial charge in [0, 0.05) is 23.4 Å². The molecule has 3 nitrogen and oxygen atoms in total. The summed E-state index contributed by atoms with van der Waals surface area (Å²) >= 11 is 1.73. The first-order valence-corrected chi connectivity index (χ1v) is 8.05. The molecule has 0 saturated carbocycles. The predicted octanol–water partition coefficient (Wildman–Crippen LogP) is 3.73. The molecule has 1 aliphatic rings. The molecule has 1 heterocycles. The van der Waals surface area contributed by atoms with Crippen LogP contribution in [0.25, 0.3) is 0 Å². The van der Waals surface area contributed by atoms with Crippen LogP contribution in [0.2, 0.25) is 0 Å². The Morgan fingerprint density at radius 2 is 2.19 bits per heavy atom. The largest absolute Gasteiger partial charge is 0.326 e. The number of hydrogen-bond donors (Lipinski definition) is 1. The van der Waals surface area contributed by atoms with E-state index in [9.17, 15) is 9.18 Å². The van der Waals surface area contributed by atoms with Gasteiger partial charge < -0.3 is 5.32 Å². The number of nitrogens with zero attached hydrogens (tertiary/aromatic N) is 1. The number of aryl methyl sites for hydroxylation is 3. The van der Waals surface area contributed by atoms with Crippen molar-refractivity contribution < 1.29 is 9.18 Å². The fourth-order valence-corrected chi connectivity index (χ4v) is 3.68. The third-order valence-electron chi connectivity index (χ3n) is 3.56. The number of aromatic nitrogens is 1. The number of thiazole rings is 1. The zero-order valence-corrected chi connectivity index (χ0v) is 12.5. The molecule has 0 fully saturated rings. The average molecular weight is 304 g/mol. The van der Waals surface area contributed by atoms with Crippen molar-refractivity contribution in [3.05, 3.63) is 45.7 Å². The molecule has 2 aromatic rings. The highest BCUT2D eigenvalue weighted by molar-refractivity contribution is 7.11. The first-order valence-electron chi connectivity index (χ1n) is 7.23. The SMILES string of the molecule is O=C(CCc1nc2c(s1)CCCC2)Nc1cccc(F)c1. The van der Waals surface area contributed by atoms with Gasteiger partial charge in [-0.05, 0) is 43.9 Å². The van der Waals surface area contributed by atoms with Gasteiger partial charge in [-0.2, -0.15) is 0 Å². The van der Waals surface area contributed by atoms with Crippen LogP contribution >= 0.6 is 11.3 Å². The van der Waals surface area contributed by atoms with Crippen molar-refractivity contribution in [1.29, 1.82) is 0 Å². The Balaban J connectivity index is 1.55. The second-order valence-corrected chi connectivity index (χ2v) is 6.41. The standard InChI is InChI=1S/C16H17FN2OS/c17-11-4-3-5-12(10-11)18-15(20)8-9-16-19-13-6-1-2-7-14(13)21-16/h3-5,10H,1-2,6-9H2,(H,18,20). The lowest BCUT2D eigenvalue weighted by Gasteiger charge is -2.06. The van der Waals surface area contributed by atoms with Crippen molar-refractivity contribution in [1.82, 2.24) is 4.98 Å². The van der Waals surface area contributed by atoms with E-state index in [-0.39, 0.29) is 11.7 Å². The molecule has 0 saturated heterocycles. The minimum Gasteiger partial charge on any atom is -0.326 e. The maximum atomic E-state index is 13.0. The van der Waals surface area contributed by atoms with Crippen molar-refractivity contribution in [3.8, 4) is 0 Å². The minimum atomic E-state index is -0.347. The lowest BCUT2D eigenvalue weighted by Crippen LogP contribution is -2.12. The highest BCUT2D eigenvalue weighted by Crippen LogP contribution is 2.27. The molecule has 3 rings (SSSR count). The molecule has 1 aromatic carbocycles. The summed E-state index contributed by atoms with van der Waals surface area (Å²) in [6.45, 7) is 0. The molecule has 21 heavy (non-hydrogen) atoms. The Kier molecular flexibility index (Phi) is 4.29. The van der Waals surface area contributed by atoms with Crippen molar-refractivity contribution in [2.75, 3.05) is 5.32 Å². The van der Waals surface area contributed by atoms with Crippen LogP contribution in [-0.2, 0) is 24.1 Å². The van der Waals surface area contributed by atoms with Crippen molar-refractivity contribution >= 4 is 22.9 Å². The van der Waals surface area contributed by atoms with Gasteiger partial charge >= 0.3 is 0 Å². The summed E-state index contributed by atoms with van der Waals surface area (Å²) in [7, 11) is 0. The summed E-state index contributed by atoms with van der Waals surface area (Å²) in [5.41, 5.74) is 1.73. The van der Waals surface area contributed by atoms with Crippen LogP contribution in [0.3, 0.4) is 0 Å². The fraction of sp³-hybridized carbons (Fsp3) is 0.375. The molecule has 1 amide bonds. The fourth-order valence-electron chi connectivity index (χ4n) is 2.52. The van der Waals surface area contributed by atoms with Crippen LogP contribution < -0.4 is 5.32 Å². The second-order valence-electron chi connectivity index (χ2n) is 5.24. The smallest absolute Gasteiger partial charge is 0.224 e. The molecule has 1 aliphatic carbocycles. The van der Waals surface area contributed by atoms with Crippen LogP contribution in [0.1, 0.15) is 34.8 Å². The normalized spacial score (nSPS) is 13.8. The highest BCUT2D eigenvalue weighted by atomic mass is 32.1. The summed E-state index contributed by atoms with van der Waals surface area (Å²) in [4.78, 5) is 17.9. The van der Waals surface area contributed by atoms with Gasteiger partial charge in [-0.3, -0.25) is 4.79 Å². The number of halogens is 1. The predicted molar refractivity (Wildman–Crippen MR) is 82.1 cm³/mol. The Hall–Kier alpha value is -1.75. The molecule has 0 aliphatic heterocycles.